The van der Waals surface area contributed by atoms with Crippen molar-refractivity contribution in [2.75, 3.05) is 17.1 Å². The van der Waals surface area contributed by atoms with Gasteiger partial charge in [0.25, 0.3) is 0 Å². The fraction of sp³-hybridized carbons (Fsp3) is 0.316. The summed E-state index contributed by atoms with van der Waals surface area (Å²) in [5, 5.41) is 2.87. The Morgan fingerprint density at radius 3 is 2.19 bits per heavy atom. The van der Waals surface area contributed by atoms with E-state index in [1.54, 1.807) is 12.1 Å². The second kappa shape index (κ2) is 8.85. The maximum atomic E-state index is 12.4. The number of carbonyl (C=O) groups excluding carboxylic acids is 1. The molecule has 0 aliphatic heterocycles. The van der Waals surface area contributed by atoms with Crippen LogP contribution in [0.2, 0.25) is 0 Å². The minimum Gasteiger partial charge on any atom is -0.348 e. The fourth-order valence-corrected chi connectivity index (χ4v) is 3.77. The summed E-state index contributed by atoms with van der Waals surface area (Å²) < 4.78 is 26.4. The Hall–Kier alpha value is -1.61. The third kappa shape index (κ3) is 5.70. The lowest BCUT2D eigenvalue weighted by atomic mass is 10.1. The number of sulfonamides is 1. The highest BCUT2D eigenvalue weighted by molar-refractivity contribution is 14.1. The summed E-state index contributed by atoms with van der Waals surface area (Å²) in [6, 6.07) is 14.8. The molecule has 2 aromatic rings. The zero-order valence-corrected chi connectivity index (χ0v) is 18.0. The van der Waals surface area contributed by atoms with Gasteiger partial charge in [-0.2, -0.15) is 0 Å². The molecule has 0 fully saturated rings. The van der Waals surface area contributed by atoms with Gasteiger partial charge in [0.2, 0.25) is 15.9 Å². The van der Waals surface area contributed by atoms with Crippen LogP contribution < -0.4 is 9.62 Å². The SMILES string of the molecule is CCc1ccc([C@H](C)NC(=O)CN(c2ccc(I)cc2)S(C)(=O)=O)cc1. The van der Waals surface area contributed by atoms with E-state index in [2.05, 4.69) is 34.8 Å². The Morgan fingerprint density at radius 2 is 1.69 bits per heavy atom. The molecular formula is C19H23IN2O3S. The van der Waals surface area contributed by atoms with Gasteiger partial charge >= 0.3 is 0 Å². The lowest BCUT2D eigenvalue weighted by molar-refractivity contribution is -0.120. The van der Waals surface area contributed by atoms with Crippen LogP contribution >= 0.6 is 22.6 Å². The van der Waals surface area contributed by atoms with Gasteiger partial charge in [-0.3, -0.25) is 9.10 Å². The van der Waals surface area contributed by atoms with Crippen LogP contribution in [0.4, 0.5) is 5.69 Å². The molecule has 0 aromatic heterocycles. The lowest BCUT2D eigenvalue weighted by Gasteiger charge is -2.23. The van der Waals surface area contributed by atoms with Crippen molar-refractivity contribution >= 4 is 44.2 Å². The van der Waals surface area contributed by atoms with Crippen molar-refractivity contribution in [3.8, 4) is 0 Å². The van der Waals surface area contributed by atoms with Crippen molar-refractivity contribution in [1.29, 1.82) is 0 Å². The molecular weight excluding hydrogens is 463 g/mol. The van der Waals surface area contributed by atoms with E-state index in [9.17, 15) is 13.2 Å². The molecule has 7 heteroatoms. The van der Waals surface area contributed by atoms with Crippen LogP contribution in [-0.2, 0) is 21.2 Å². The van der Waals surface area contributed by atoms with E-state index in [1.165, 1.54) is 5.56 Å². The Balaban J connectivity index is 2.10. The minimum atomic E-state index is -3.57. The summed E-state index contributed by atoms with van der Waals surface area (Å²) in [7, 11) is -3.57. The lowest BCUT2D eigenvalue weighted by Crippen LogP contribution is -2.41. The van der Waals surface area contributed by atoms with Crippen LogP contribution in [0.3, 0.4) is 0 Å². The quantitative estimate of drug-likeness (QED) is 0.610. The van der Waals surface area contributed by atoms with Crippen molar-refractivity contribution in [3.05, 3.63) is 63.2 Å². The van der Waals surface area contributed by atoms with Crippen LogP contribution in [0, 0.1) is 3.57 Å². The first kappa shape index (κ1) is 20.7. The predicted molar refractivity (Wildman–Crippen MR) is 114 cm³/mol. The average molecular weight is 486 g/mol. The summed E-state index contributed by atoms with van der Waals surface area (Å²) in [4.78, 5) is 12.4. The van der Waals surface area contributed by atoms with Gasteiger partial charge in [-0.05, 0) is 71.3 Å². The minimum absolute atomic E-state index is 0.202. The summed E-state index contributed by atoms with van der Waals surface area (Å²) in [5.74, 6) is -0.346. The Labute approximate surface area is 169 Å². The second-order valence-corrected chi connectivity index (χ2v) is 9.28. The fourth-order valence-electron chi connectivity index (χ4n) is 2.55. The largest absolute Gasteiger partial charge is 0.348 e. The topological polar surface area (TPSA) is 66.5 Å². The number of benzene rings is 2. The molecule has 0 aliphatic rings. The molecule has 1 N–H and O–H groups in total. The maximum Gasteiger partial charge on any atom is 0.241 e. The first-order valence-corrected chi connectivity index (χ1v) is 11.2. The molecule has 0 aliphatic carbocycles. The summed E-state index contributed by atoms with van der Waals surface area (Å²) in [5.41, 5.74) is 2.69. The number of hydrogen-bond donors (Lipinski definition) is 1. The van der Waals surface area contributed by atoms with Gasteiger partial charge in [0, 0.05) is 3.57 Å². The number of rotatable bonds is 7. The third-order valence-electron chi connectivity index (χ3n) is 4.07. The number of carbonyl (C=O) groups is 1. The molecule has 0 radical (unpaired) electrons. The van der Waals surface area contributed by atoms with E-state index in [0.717, 1.165) is 26.1 Å². The highest BCUT2D eigenvalue weighted by Gasteiger charge is 2.21. The van der Waals surface area contributed by atoms with Crippen LogP contribution in [0.25, 0.3) is 0 Å². The maximum absolute atomic E-state index is 12.4. The van der Waals surface area contributed by atoms with E-state index < -0.39 is 10.0 Å². The molecule has 0 bridgehead atoms. The molecule has 26 heavy (non-hydrogen) atoms. The first-order valence-electron chi connectivity index (χ1n) is 8.32. The first-order chi connectivity index (χ1) is 12.2. The zero-order chi connectivity index (χ0) is 19.3. The van der Waals surface area contributed by atoms with Crippen LogP contribution in [0.15, 0.2) is 48.5 Å². The molecule has 0 saturated carbocycles. The van der Waals surface area contributed by atoms with Crippen LogP contribution in [0.1, 0.15) is 31.0 Å². The Morgan fingerprint density at radius 1 is 1.12 bits per heavy atom. The average Bonchev–Trinajstić information content (AvgIpc) is 2.59. The van der Waals surface area contributed by atoms with Crippen molar-refractivity contribution in [2.24, 2.45) is 0 Å². The van der Waals surface area contributed by atoms with Gasteiger partial charge in [0.1, 0.15) is 6.54 Å². The van der Waals surface area contributed by atoms with Crippen molar-refractivity contribution in [3.63, 3.8) is 0 Å². The monoisotopic (exact) mass is 486 g/mol. The predicted octanol–water partition coefficient (Wildman–Crippen LogP) is 3.50. The number of nitrogens with one attached hydrogen (secondary N) is 1. The normalized spacial score (nSPS) is 12.5. The van der Waals surface area contributed by atoms with Gasteiger partial charge in [0.15, 0.2) is 0 Å². The van der Waals surface area contributed by atoms with Gasteiger partial charge < -0.3 is 5.32 Å². The molecule has 1 amide bonds. The standard InChI is InChI=1S/C19H23IN2O3S/c1-4-15-5-7-16(8-6-15)14(2)21-19(23)13-22(26(3,24)25)18-11-9-17(20)10-12-18/h5-12,14H,4,13H2,1-3H3,(H,21,23)/t14-/m0/s1. The third-order valence-corrected chi connectivity index (χ3v) is 5.93. The number of anilines is 1. The second-order valence-electron chi connectivity index (χ2n) is 6.13. The van der Waals surface area contributed by atoms with Crippen LogP contribution in [-0.4, -0.2) is 27.1 Å². The van der Waals surface area contributed by atoms with Gasteiger partial charge in [-0.1, -0.05) is 31.2 Å². The molecule has 2 rings (SSSR count). The summed E-state index contributed by atoms with van der Waals surface area (Å²) >= 11 is 2.15. The van der Waals surface area contributed by atoms with Gasteiger partial charge in [-0.25, -0.2) is 8.42 Å². The molecule has 5 nitrogen and oxygen atoms in total. The number of aryl methyl sites for hydroxylation is 1. The molecule has 0 spiro atoms. The molecule has 2 aromatic carbocycles. The highest BCUT2D eigenvalue weighted by Crippen LogP contribution is 2.19. The number of hydrogen-bond acceptors (Lipinski definition) is 3. The number of halogens is 1. The smallest absolute Gasteiger partial charge is 0.241 e. The Bertz CT molecular complexity index is 849. The number of amides is 1. The zero-order valence-electron chi connectivity index (χ0n) is 15.1. The summed E-state index contributed by atoms with van der Waals surface area (Å²) in [6.07, 6.45) is 2.06. The highest BCUT2D eigenvalue weighted by atomic mass is 127. The van der Waals surface area contributed by atoms with Crippen molar-refractivity contribution in [2.45, 2.75) is 26.3 Å². The van der Waals surface area contributed by atoms with E-state index in [0.29, 0.717) is 5.69 Å². The Kier molecular flexibility index (Phi) is 7.05. The number of nitrogens with zero attached hydrogens (tertiary/aromatic N) is 1. The van der Waals surface area contributed by atoms with Gasteiger partial charge in [0.05, 0.1) is 18.0 Å². The van der Waals surface area contributed by atoms with Crippen molar-refractivity contribution in [1.82, 2.24) is 5.32 Å². The van der Waals surface area contributed by atoms with Gasteiger partial charge in [-0.15, -0.1) is 0 Å². The molecule has 0 saturated heterocycles. The van der Waals surface area contributed by atoms with E-state index in [4.69, 9.17) is 0 Å². The van der Waals surface area contributed by atoms with E-state index in [1.807, 2.05) is 43.3 Å². The summed E-state index contributed by atoms with van der Waals surface area (Å²) in [6.45, 7) is 3.72. The van der Waals surface area contributed by atoms with Crippen molar-refractivity contribution < 1.29 is 13.2 Å². The van der Waals surface area contributed by atoms with E-state index >= 15 is 0 Å². The molecule has 0 heterocycles. The molecule has 0 unspecified atom stereocenters. The van der Waals surface area contributed by atoms with Crippen LogP contribution in [0.5, 0.6) is 0 Å². The van der Waals surface area contributed by atoms with E-state index in [-0.39, 0.29) is 18.5 Å². The molecule has 140 valence electrons. The molecule has 1 atom stereocenters.